The van der Waals surface area contributed by atoms with Gasteiger partial charge < -0.3 is 15.5 Å². The van der Waals surface area contributed by atoms with Crippen LogP contribution in [0.25, 0.3) is 10.9 Å². The normalized spacial score (nSPS) is 10.6. The van der Waals surface area contributed by atoms with Gasteiger partial charge in [-0.15, -0.1) is 0 Å². The summed E-state index contributed by atoms with van der Waals surface area (Å²) in [6, 6.07) is 15.5. The molecule has 3 aromatic rings. The number of amides is 1. The van der Waals surface area contributed by atoms with Crippen LogP contribution in [-0.2, 0) is 6.61 Å². The maximum absolute atomic E-state index is 11.3. The van der Waals surface area contributed by atoms with Gasteiger partial charge in [0, 0.05) is 11.6 Å². The Bertz CT molecular complexity index is 748. The first-order chi connectivity index (χ1) is 9.75. The van der Waals surface area contributed by atoms with E-state index in [4.69, 9.17) is 10.5 Å². The number of para-hydroxylation sites is 1. The zero-order valence-corrected chi connectivity index (χ0v) is 10.8. The second-order valence-electron chi connectivity index (χ2n) is 4.52. The lowest BCUT2D eigenvalue weighted by Gasteiger charge is -2.07. The van der Waals surface area contributed by atoms with Crippen LogP contribution in [0.4, 0.5) is 0 Å². The smallest absolute Gasteiger partial charge is 0.250 e. The topological polar surface area (TPSA) is 68.1 Å². The Kier molecular flexibility index (Phi) is 3.13. The average molecular weight is 266 g/mol. The van der Waals surface area contributed by atoms with E-state index in [1.807, 2.05) is 48.5 Å². The maximum atomic E-state index is 11.3. The number of fused-ring (bicyclic) bond motifs is 1. The predicted molar refractivity (Wildman–Crippen MR) is 77.6 cm³/mol. The lowest BCUT2D eigenvalue weighted by atomic mass is 10.1. The van der Waals surface area contributed by atoms with E-state index >= 15 is 0 Å². The number of primary amides is 1. The Labute approximate surface area is 116 Å². The van der Waals surface area contributed by atoms with Crippen molar-refractivity contribution in [3.05, 3.63) is 65.9 Å². The van der Waals surface area contributed by atoms with Crippen LogP contribution in [-0.4, -0.2) is 10.9 Å². The zero-order valence-electron chi connectivity index (χ0n) is 10.8. The van der Waals surface area contributed by atoms with Crippen molar-refractivity contribution in [2.75, 3.05) is 0 Å². The summed E-state index contributed by atoms with van der Waals surface area (Å²) in [6.07, 6.45) is 1.61. The third-order valence-electron chi connectivity index (χ3n) is 3.18. The molecule has 0 spiro atoms. The molecule has 0 unspecified atom stereocenters. The van der Waals surface area contributed by atoms with E-state index in [1.165, 1.54) is 0 Å². The van der Waals surface area contributed by atoms with Gasteiger partial charge in [-0.25, -0.2) is 0 Å². The van der Waals surface area contributed by atoms with E-state index < -0.39 is 5.91 Å². The van der Waals surface area contributed by atoms with Gasteiger partial charge in [-0.05, 0) is 11.6 Å². The van der Waals surface area contributed by atoms with E-state index in [9.17, 15) is 4.79 Å². The number of ether oxygens (including phenoxy) is 1. The van der Waals surface area contributed by atoms with Gasteiger partial charge >= 0.3 is 0 Å². The van der Waals surface area contributed by atoms with E-state index in [1.54, 1.807) is 6.20 Å². The average Bonchev–Trinajstić information content (AvgIpc) is 2.91. The van der Waals surface area contributed by atoms with Crippen LogP contribution in [0.3, 0.4) is 0 Å². The Morgan fingerprint density at radius 2 is 1.90 bits per heavy atom. The molecule has 0 aliphatic heterocycles. The van der Waals surface area contributed by atoms with Gasteiger partial charge in [-0.1, -0.05) is 42.5 Å². The van der Waals surface area contributed by atoms with E-state index in [2.05, 4.69) is 4.98 Å². The van der Waals surface area contributed by atoms with Gasteiger partial charge in [0.15, 0.2) is 0 Å². The molecule has 0 saturated heterocycles. The molecule has 1 heterocycles. The van der Waals surface area contributed by atoms with Crippen LogP contribution < -0.4 is 10.5 Å². The van der Waals surface area contributed by atoms with Crippen LogP contribution in [0, 0.1) is 0 Å². The van der Waals surface area contributed by atoms with Crippen molar-refractivity contribution in [2.45, 2.75) is 6.61 Å². The van der Waals surface area contributed by atoms with Crippen molar-refractivity contribution in [1.82, 2.24) is 4.98 Å². The van der Waals surface area contributed by atoms with Gasteiger partial charge in [0.25, 0.3) is 5.91 Å². The number of carbonyl (C=O) groups excluding carboxylic acids is 1. The lowest BCUT2D eigenvalue weighted by Crippen LogP contribution is -2.09. The summed E-state index contributed by atoms with van der Waals surface area (Å²) in [5, 5.41) is 0.781. The molecule has 4 nitrogen and oxygen atoms in total. The molecule has 1 amide bonds. The molecule has 3 N–H and O–H groups in total. The number of benzene rings is 2. The van der Waals surface area contributed by atoms with E-state index in [-0.39, 0.29) is 0 Å². The SMILES string of the molecule is NC(=O)c1c[nH]c2c(OCc3ccccc3)cccc12. The monoisotopic (exact) mass is 266 g/mol. The Morgan fingerprint density at radius 3 is 2.65 bits per heavy atom. The van der Waals surface area contributed by atoms with Gasteiger partial charge in [0.05, 0.1) is 11.1 Å². The third-order valence-corrected chi connectivity index (χ3v) is 3.18. The maximum Gasteiger partial charge on any atom is 0.250 e. The number of aromatic nitrogens is 1. The molecule has 0 fully saturated rings. The predicted octanol–water partition coefficient (Wildman–Crippen LogP) is 2.85. The highest BCUT2D eigenvalue weighted by Gasteiger charge is 2.11. The Hall–Kier alpha value is -2.75. The molecule has 0 aliphatic rings. The number of aromatic amines is 1. The highest BCUT2D eigenvalue weighted by molar-refractivity contribution is 6.07. The number of carbonyl (C=O) groups is 1. The second kappa shape index (κ2) is 5.09. The van der Waals surface area contributed by atoms with Crippen LogP contribution in [0.1, 0.15) is 15.9 Å². The van der Waals surface area contributed by atoms with Crippen molar-refractivity contribution < 1.29 is 9.53 Å². The van der Waals surface area contributed by atoms with Gasteiger partial charge in [-0.3, -0.25) is 4.79 Å². The number of hydrogen-bond donors (Lipinski definition) is 2. The van der Waals surface area contributed by atoms with E-state index in [0.717, 1.165) is 16.5 Å². The van der Waals surface area contributed by atoms with Crippen molar-refractivity contribution in [2.24, 2.45) is 5.73 Å². The fourth-order valence-corrected chi connectivity index (χ4v) is 2.19. The number of H-pyrrole nitrogens is 1. The fraction of sp³-hybridized carbons (Fsp3) is 0.0625. The first kappa shape index (κ1) is 12.3. The highest BCUT2D eigenvalue weighted by atomic mass is 16.5. The molecule has 0 aliphatic carbocycles. The molecule has 0 bridgehead atoms. The summed E-state index contributed by atoms with van der Waals surface area (Å²) in [5.41, 5.74) is 7.69. The highest BCUT2D eigenvalue weighted by Crippen LogP contribution is 2.27. The minimum Gasteiger partial charge on any atom is -0.487 e. The van der Waals surface area contributed by atoms with Crippen LogP contribution in [0.5, 0.6) is 5.75 Å². The molecule has 4 heteroatoms. The minimum absolute atomic E-state index is 0.448. The lowest BCUT2D eigenvalue weighted by molar-refractivity contribution is 0.100. The minimum atomic E-state index is -0.448. The molecule has 0 atom stereocenters. The van der Waals surface area contributed by atoms with Crippen LogP contribution >= 0.6 is 0 Å². The number of hydrogen-bond acceptors (Lipinski definition) is 2. The standard InChI is InChI=1S/C16H14N2O2/c17-16(19)13-9-18-15-12(13)7-4-8-14(15)20-10-11-5-2-1-3-6-11/h1-9,18H,10H2,(H2,17,19). The summed E-state index contributed by atoms with van der Waals surface area (Å²) in [4.78, 5) is 14.4. The van der Waals surface area contributed by atoms with Crippen molar-refractivity contribution in [3.63, 3.8) is 0 Å². The first-order valence-electron chi connectivity index (χ1n) is 6.32. The quantitative estimate of drug-likeness (QED) is 0.762. The van der Waals surface area contributed by atoms with Gasteiger partial charge in [-0.2, -0.15) is 0 Å². The van der Waals surface area contributed by atoms with Crippen LogP contribution in [0.15, 0.2) is 54.7 Å². The molecular weight excluding hydrogens is 252 g/mol. The number of rotatable bonds is 4. The molecule has 0 saturated carbocycles. The summed E-state index contributed by atoms with van der Waals surface area (Å²) >= 11 is 0. The second-order valence-corrected chi connectivity index (χ2v) is 4.52. The molecule has 2 aromatic carbocycles. The van der Waals surface area contributed by atoms with Crippen molar-refractivity contribution >= 4 is 16.8 Å². The van der Waals surface area contributed by atoms with Crippen molar-refractivity contribution in [3.8, 4) is 5.75 Å². The molecule has 0 radical (unpaired) electrons. The molecule has 3 rings (SSSR count). The zero-order chi connectivity index (χ0) is 13.9. The summed E-state index contributed by atoms with van der Waals surface area (Å²) in [5.74, 6) is 0.260. The number of nitrogens with one attached hydrogen (secondary N) is 1. The Balaban J connectivity index is 1.90. The summed E-state index contributed by atoms with van der Waals surface area (Å²) in [7, 11) is 0. The van der Waals surface area contributed by atoms with E-state index in [0.29, 0.717) is 17.9 Å². The number of nitrogens with two attached hydrogens (primary N) is 1. The Morgan fingerprint density at radius 1 is 1.10 bits per heavy atom. The first-order valence-corrected chi connectivity index (χ1v) is 6.32. The molecule has 1 aromatic heterocycles. The largest absolute Gasteiger partial charge is 0.487 e. The fourth-order valence-electron chi connectivity index (χ4n) is 2.19. The third kappa shape index (κ3) is 2.23. The summed E-state index contributed by atoms with van der Waals surface area (Å²) in [6.45, 7) is 0.477. The van der Waals surface area contributed by atoms with Gasteiger partial charge in [0.2, 0.25) is 0 Å². The molecular formula is C16H14N2O2. The summed E-state index contributed by atoms with van der Waals surface area (Å²) < 4.78 is 5.82. The van der Waals surface area contributed by atoms with Crippen LogP contribution in [0.2, 0.25) is 0 Å². The van der Waals surface area contributed by atoms with Crippen molar-refractivity contribution in [1.29, 1.82) is 0 Å². The molecule has 20 heavy (non-hydrogen) atoms. The molecule has 100 valence electrons. The van der Waals surface area contributed by atoms with Gasteiger partial charge in [0.1, 0.15) is 12.4 Å².